The van der Waals surface area contributed by atoms with E-state index in [1.54, 1.807) is 7.11 Å². The van der Waals surface area contributed by atoms with Gasteiger partial charge in [-0.2, -0.15) is 0 Å². The van der Waals surface area contributed by atoms with E-state index in [0.717, 1.165) is 44.4 Å². The van der Waals surface area contributed by atoms with Crippen LogP contribution >= 0.6 is 0 Å². The zero-order valence-electron chi connectivity index (χ0n) is 20.0. The molecule has 1 heterocycles. The minimum atomic E-state index is -0.308. The lowest BCUT2D eigenvalue weighted by Crippen LogP contribution is -2.58. The summed E-state index contributed by atoms with van der Waals surface area (Å²) in [6, 6.07) is 28.3. The fourth-order valence-corrected chi connectivity index (χ4v) is 5.46. The molecule has 0 unspecified atom stereocenters. The average molecular weight is 458 g/mol. The second-order valence-electron chi connectivity index (χ2n) is 9.06. The van der Waals surface area contributed by atoms with Gasteiger partial charge in [0.05, 0.1) is 12.6 Å². The fourth-order valence-electron chi connectivity index (χ4n) is 5.46. The third-order valence-corrected chi connectivity index (χ3v) is 7.13. The van der Waals surface area contributed by atoms with Gasteiger partial charge in [-0.1, -0.05) is 66.7 Å². The Labute approximate surface area is 202 Å². The third-order valence-electron chi connectivity index (χ3n) is 7.13. The van der Waals surface area contributed by atoms with E-state index in [2.05, 4.69) is 52.8 Å². The Bertz CT molecular complexity index is 1060. The van der Waals surface area contributed by atoms with Crippen LogP contribution in [0.1, 0.15) is 47.2 Å². The van der Waals surface area contributed by atoms with Gasteiger partial charge in [-0.25, -0.2) is 5.01 Å². The van der Waals surface area contributed by atoms with Crippen LogP contribution in [-0.4, -0.2) is 31.1 Å². The first-order valence-electron chi connectivity index (χ1n) is 12.2. The lowest BCUT2D eigenvalue weighted by Gasteiger charge is -2.51. The summed E-state index contributed by atoms with van der Waals surface area (Å²) in [4.78, 5) is 12.5. The van der Waals surface area contributed by atoms with Crippen molar-refractivity contribution in [3.63, 3.8) is 0 Å². The standard InChI is InChI=1S/C29H35N3O2/c1-34-27-18-9-8-14-24(27)22-26-17-10-21-32(30)29(26,25-15-6-3-7-16-25)19-11-20-31-28(33)23-12-4-2-5-13-23/h2-9,12-16,18,26H,10-11,17,19-22,30H2,1H3,(H,31,33)/t26-,29+/m0/s1. The predicted molar refractivity (Wildman–Crippen MR) is 136 cm³/mol. The highest BCUT2D eigenvalue weighted by molar-refractivity contribution is 5.94. The number of methoxy groups -OCH3 is 1. The zero-order valence-corrected chi connectivity index (χ0v) is 20.0. The van der Waals surface area contributed by atoms with Crippen molar-refractivity contribution in [2.45, 2.75) is 37.6 Å². The molecule has 0 bridgehead atoms. The second kappa shape index (κ2) is 11.3. The molecule has 0 saturated carbocycles. The number of carbonyl (C=O) groups excluding carboxylic acids is 1. The van der Waals surface area contributed by atoms with Crippen LogP contribution in [-0.2, 0) is 12.0 Å². The van der Waals surface area contributed by atoms with E-state index in [4.69, 9.17) is 10.6 Å². The molecule has 5 nitrogen and oxygen atoms in total. The van der Waals surface area contributed by atoms with Crippen LogP contribution in [0.3, 0.4) is 0 Å². The largest absolute Gasteiger partial charge is 0.496 e. The minimum absolute atomic E-state index is 0.0341. The van der Waals surface area contributed by atoms with Crippen molar-refractivity contribution in [1.29, 1.82) is 0 Å². The van der Waals surface area contributed by atoms with Crippen molar-refractivity contribution in [3.05, 3.63) is 102 Å². The molecule has 5 heteroatoms. The van der Waals surface area contributed by atoms with Crippen LogP contribution in [0.5, 0.6) is 5.75 Å². The first-order valence-corrected chi connectivity index (χ1v) is 12.2. The summed E-state index contributed by atoms with van der Waals surface area (Å²) in [7, 11) is 1.73. The van der Waals surface area contributed by atoms with Gasteiger partial charge in [0.15, 0.2) is 0 Å². The Morgan fingerprint density at radius 2 is 1.71 bits per heavy atom. The first kappa shape index (κ1) is 24.0. The van der Waals surface area contributed by atoms with Gasteiger partial charge < -0.3 is 10.1 Å². The quantitative estimate of drug-likeness (QED) is 0.353. The topological polar surface area (TPSA) is 67.6 Å². The summed E-state index contributed by atoms with van der Waals surface area (Å²) in [5, 5.41) is 5.15. The number of hydrogen-bond acceptors (Lipinski definition) is 4. The molecule has 1 amide bonds. The van der Waals surface area contributed by atoms with E-state index in [1.165, 1.54) is 11.1 Å². The average Bonchev–Trinajstić information content (AvgIpc) is 2.89. The number of amides is 1. The highest BCUT2D eigenvalue weighted by atomic mass is 16.5. The Kier molecular flexibility index (Phi) is 7.99. The monoisotopic (exact) mass is 457 g/mol. The number of benzene rings is 3. The molecule has 1 aliphatic heterocycles. The summed E-state index contributed by atoms with van der Waals surface area (Å²) < 4.78 is 5.66. The van der Waals surface area contributed by atoms with Crippen LogP contribution in [0.25, 0.3) is 0 Å². The van der Waals surface area contributed by atoms with Crippen molar-refractivity contribution in [3.8, 4) is 5.75 Å². The lowest BCUT2D eigenvalue weighted by molar-refractivity contribution is -0.0209. The Morgan fingerprint density at radius 3 is 2.44 bits per heavy atom. The van der Waals surface area contributed by atoms with Crippen molar-refractivity contribution in [2.75, 3.05) is 20.2 Å². The molecule has 2 atom stereocenters. The molecule has 3 aromatic rings. The molecule has 1 saturated heterocycles. The number of hydrogen-bond donors (Lipinski definition) is 2. The van der Waals surface area contributed by atoms with Crippen molar-refractivity contribution in [1.82, 2.24) is 10.3 Å². The number of ether oxygens (including phenoxy) is 1. The van der Waals surface area contributed by atoms with Crippen molar-refractivity contribution < 1.29 is 9.53 Å². The molecule has 178 valence electrons. The van der Waals surface area contributed by atoms with Crippen LogP contribution in [0.15, 0.2) is 84.9 Å². The number of carbonyl (C=O) groups is 1. The number of piperidine rings is 1. The highest BCUT2D eigenvalue weighted by Gasteiger charge is 2.46. The smallest absolute Gasteiger partial charge is 0.251 e. The third kappa shape index (κ3) is 5.16. The SMILES string of the molecule is COc1ccccc1C[C@@H]1CCCN(N)[C@]1(CCCNC(=O)c1ccccc1)c1ccccc1. The highest BCUT2D eigenvalue weighted by Crippen LogP contribution is 2.46. The molecule has 3 aromatic carbocycles. The van der Waals surface area contributed by atoms with E-state index < -0.39 is 0 Å². The second-order valence-corrected chi connectivity index (χ2v) is 9.06. The summed E-state index contributed by atoms with van der Waals surface area (Å²) in [6.07, 6.45) is 4.75. The molecular formula is C29H35N3O2. The van der Waals surface area contributed by atoms with Gasteiger partial charge in [0.25, 0.3) is 5.91 Å². The normalized spacial score (nSPS) is 20.6. The van der Waals surface area contributed by atoms with Gasteiger partial charge in [-0.05, 0) is 67.3 Å². The van der Waals surface area contributed by atoms with E-state index in [0.29, 0.717) is 18.0 Å². The van der Waals surface area contributed by atoms with E-state index in [1.807, 2.05) is 42.5 Å². The number of nitrogens with two attached hydrogens (primary N) is 1. The number of hydrazine groups is 1. The lowest BCUT2D eigenvalue weighted by atomic mass is 9.68. The number of para-hydroxylation sites is 1. The molecule has 4 rings (SSSR count). The van der Waals surface area contributed by atoms with Gasteiger partial charge in [-0.15, -0.1) is 0 Å². The van der Waals surface area contributed by atoms with Crippen molar-refractivity contribution in [2.24, 2.45) is 11.8 Å². The van der Waals surface area contributed by atoms with Gasteiger partial charge in [0, 0.05) is 18.7 Å². The molecule has 1 aliphatic rings. The number of nitrogens with zero attached hydrogens (tertiary/aromatic N) is 1. The summed E-state index contributed by atoms with van der Waals surface area (Å²) in [5.41, 5.74) is 2.83. The zero-order chi connectivity index (χ0) is 23.8. The summed E-state index contributed by atoms with van der Waals surface area (Å²) in [5.74, 6) is 8.03. The van der Waals surface area contributed by atoms with Crippen LogP contribution < -0.4 is 15.9 Å². The number of nitrogens with one attached hydrogen (secondary N) is 1. The van der Waals surface area contributed by atoms with E-state index in [-0.39, 0.29) is 11.4 Å². The summed E-state index contributed by atoms with van der Waals surface area (Å²) in [6.45, 7) is 1.46. The Balaban J connectivity index is 1.56. The molecule has 3 N–H and O–H groups in total. The molecule has 0 aliphatic carbocycles. The van der Waals surface area contributed by atoms with E-state index >= 15 is 0 Å². The van der Waals surface area contributed by atoms with E-state index in [9.17, 15) is 4.79 Å². The van der Waals surface area contributed by atoms with Gasteiger partial charge in [0.1, 0.15) is 5.75 Å². The molecule has 0 radical (unpaired) electrons. The summed E-state index contributed by atoms with van der Waals surface area (Å²) >= 11 is 0. The van der Waals surface area contributed by atoms with Gasteiger partial charge in [0.2, 0.25) is 0 Å². The Hall–Kier alpha value is -3.15. The minimum Gasteiger partial charge on any atom is -0.496 e. The maximum atomic E-state index is 12.5. The van der Waals surface area contributed by atoms with Crippen LogP contribution in [0.4, 0.5) is 0 Å². The number of rotatable bonds is 9. The molecule has 0 spiro atoms. The molecule has 34 heavy (non-hydrogen) atoms. The maximum Gasteiger partial charge on any atom is 0.251 e. The first-order chi connectivity index (χ1) is 16.6. The van der Waals surface area contributed by atoms with Crippen LogP contribution in [0, 0.1) is 5.92 Å². The molecular weight excluding hydrogens is 422 g/mol. The van der Waals surface area contributed by atoms with Gasteiger partial charge in [-0.3, -0.25) is 10.6 Å². The molecule has 0 aromatic heterocycles. The molecule has 1 fully saturated rings. The van der Waals surface area contributed by atoms with Gasteiger partial charge >= 0.3 is 0 Å². The van der Waals surface area contributed by atoms with Crippen LogP contribution in [0.2, 0.25) is 0 Å². The maximum absolute atomic E-state index is 12.5. The van der Waals surface area contributed by atoms with Crippen molar-refractivity contribution >= 4 is 5.91 Å². The Morgan fingerprint density at radius 1 is 1.03 bits per heavy atom. The predicted octanol–water partition coefficient (Wildman–Crippen LogP) is 4.93. The fraction of sp³-hybridized carbons (Fsp3) is 0.345.